The van der Waals surface area contributed by atoms with E-state index in [-0.39, 0.29) is 5.41 Å². The number of esters is 2. The van der Waals surface area contributed by atoms with Crippen molar-refractivity contribution >= 4 is 11.9 Å². The zero-order chi connectivity index (χ0) is 32.7. The van der Waals surface area contributed by atoms with E-state index in [1.54, 1.807) is 0 Å². The normalized spacial score (nSPS) is 12.9. The summed E-state index contributed by atoms with van der Waals surface area (Å²) in [6, 6.07) is 17.2. The highest BCUT2D eigenvalue weighted by Gasteiger charge is 2.29. The summed E-state index contributed by atoms with van der Waals surface area (Å²) in [4.78, 5) is 23.2. The molecule has 0 spiro atoms. The minimum absolute atomic E-state index is 0.217. The summed E-state index contributed by atoms with van der Waals surface area (Å²) in [6.07, 6.45) is 3.50. The van der Waals surface area contributed by atoms with Gasteiger partial charge < -0.3 is 18.9 Å². The van der Waals surface area contributed by atoms with Crippen molar-refractivity contribution in [3.63, 3.8) is 0 Å². The van der Waals surface area contributed by atoms with Crippen LogP contribution in [0.3, 0.4) is 0 Å². The van der Waals surface area contributed by atoms with Gasteiger partial charge in [-0.3, -0.25) is 0 Å². The summed E-state index contributed by atoms with van der Waals surface area (Å²) in [6.45, 7) is 27.9. The molecule has 0 aliphatic rings. The Hall–Kier alpha value is -3.22. The summed E-state index contributed by atoms with van der Waals surface area (Å²) < 4.78 is 23.3. The predicted octanol–water partition coefficient (Wildman–Crippen LogP) is 8.31. The minimum atomic E-state index is -0.634. The lowest BCUT2D eigenvalue weighted by molar-refractivity contribution is -0.154. The van der Waals surface area contributed by atoms with Gasteiger partial charge in [0, 0.05) is 30.4 Å². The number of benzene rings is 2. The lowest BCUT2D eigenvalue weighted by Gasteiger charge is -2.32. The number of carbonyl (C=O) groups excluding carboxylic acids is 2. The van der Waals surface area contributed by atoms with E-state index in [0.29, 0.717) is 26.1 Å². The average molecular weight is 593 g/mol. The molecule has 2 aromatic carbocycles. The predicted molar refractivity (Wildman–Crippen MR) is 173 cm³/mol. The van der Waals surface area contributed by atoms with Crippen molar-refractivity contribution in [1.29, 1.82) is 0 Å². The van der Waals surface area contributed by atoms with Crippen LogP contribution in [0.15, 0.2) is 73.8 Å². The number of carbonyl (C=O) groups is 2. The van der Waals surface area contributed by atoms with E-state index in [4.69, 9.17) is 18.9 Å². The molecule has 0 atom stereocenters. The molecule has 236 valence electrons. The summed E-state index contributed by atoms with van der Waals surface area (Å²) in [5, 5.41) is 0. The van der Waals surface area contributed by atoms with Gasteiger partial charge in [-0.1, -0.05) is 75.5 Å². The maximum absolute atomic E-state index is 11.6. The van der Waals surface area contributed by atoms with Crippen LogP contribution in [0, 0.1) is 0 Å². The van der Waals surface area contributed by atoms with E-state index in [0.717, 1.165) is 11.1 Å². The molecule has 0 aromatic heterocycles. The molecule has 0 N–H and O–H groups in total. The highest BCUT2D eigenvalue weighted by molar-refractivity contribution is 5.81. The van der Waals surface area contributed by atoms with Crippen molar-refractivity contribution in [3.05, 3.63) is 96.1 Å². The van der Waals surface area contributed by atoms with E-state index < -0.39 is 34.3 Å². The van der Waals surface area contributed by atoms with Gasteiger partial charge in [-0.2, -0.15) is 0 Å². The molecule has 0 bridgehead atoms. The van der Waals surface area contributed by atoms with Gasteiger partial charge in [0.25, 0.3) is 0 Å². The van der Waals surface area contributed by atoms with Gasteiger partial charge >= 0.3 is 11.9 Å². The molecule has 0 unspecified atom stereocenters. The molecular formula is C37H52O6. The van der Waals surface area contributed by atoms with Gasteiger partial charge in [0.15, 0.2) is 0 Å². The van der Waals surface area contributed by atoms with Crippen molar-refractivity contribution in [1.82, 2.24) is 0 Å². The van der Waals surface area contributed by atoms with Crippen LogP contribution in [0.1, 0.15) is 104 Å². The summed E-state index contributed by atoms with van der Waals surface area (Å²) in [5.41, 5.74) is 2.05. The van der Waals surface area contributed by atoms with Crippen LogP contribution >= 0.6 is 0 Å². The van der Waals surface area contributed by atoms with Crippen molar-refractivity contribution < 1.29 is 28.5 Å². The molecule has 0 heterocycles. The average Bonchev–Trinajstić information content (AvgIpc) is 2.92. The van der Waals surface area contributed by atoms with Crippen LogP contribution in [-0.2, 0) is 45.2 Å². The maximum Gasteiger partial charge on any atom is 0.330 e. The Morgan fingerprint density at radius 2 is 0.837 bits per heavy atom. The summed E-state index contributed by atoms with van der Waals surface area (Å²) >= 11 is 0. The minimum Gasteiger partial charge on any atom is -0.456 e. The first-order valence-corrected chi connectivity index (χ1v) is 15.0. The fraction of sp³-hybridized carbons (Fsp3) is 0.514. The molecule has 2 rings (SSSR count). The molecule has 0 fully saturated rings. The van der Waals surface area contributed by atoms with E-state index in [1.165, 1.54) is 23.3 Å². The van der Waals surface area contributed by atoms with Crippen LogP contribution in [-0.4, -0.2) is 36.4 Å². The molecule has 0 radical (unpaired) electrons. The molecule has 0 aliphatic heterocycles. The van der Waals surface area contributed by atoms with E-state index >= 15 is 0 Å². The third-order valence-corrected chi connectivity index (χ3v) is 8.02. The topological polar surface area (TPSA) is 71.1 Å². The molecule has 0 saturated carbocycles. The van der Waals surface area contributed by atoms with Crippen molar-refractivity contribution in [2.75, 3.05) is 13.2 Å². The van der Waals surface area contributed by atoms with Gasteiger partial charge in [0.2, 0.25) is 0 Å². The fourth-order valence-corrected chi connectivity index (χ4v) is 4.74. The quantitative estimate of drug-likeness (QED) is 0.144. The van der Waals surface area contributed by atoms with Crippen molar-refractivity contribution in [2.45, 2.75) is 110 Å². The van der Waals surface area contributed by atoms with Crippen molar-refractivity contribution in [2.24, 2.45) is 0 Å². The molecular weight excluding hydrogens is 540 g/mol. The first kappa shape index (κ1) is 36.0. The molecule has 2 aromatic rings. The highest BCUT2D eigenvalue weighted by Crippen LogP contribution is 2.35. The zero-order valence-corrected chi connectivity index (χ0v) is 28.0. The molecule has 0 aliphatic carbocycles. The van der Waals surface area contributed by atoms with Gasteiger partial charge in [-0.25, -0.2) is 9.59 Å². The highest BCUT2D eigenvalue weighted by atomic mass is 16.6. The van der Waals surface area contributed by atoms with Crippen LogP contribution < -0.4 is 0 Å². The molecule has 6 heteroatoms. The maximum atomic E-state index is 11.6. The summed E-state index contributed by atoms with van der Waals surface area (Å²) in [5.74, 6) is -0.863. The zero-order valence-electron chi connectivity index (χ0n) is 28.0. The second kappa shape index (κ2) is 14.0. The van der Waals surface area contributed by atoms with Gasteiger partial charge in [-0.15, -0.1) is 0 Å². The molecule has 0 saturated heterocycles. The van der Waals surface area contributed by atoms with E-state index in [1.807, 2.05) is 55.4 Å². The Bertz CT molecular complexity index is 1150. The lowest BCUT2D eigenvalue weighted by Crippen LogP contribution is -2.31. The number of hydrogen-bond acceptors (Lipinski definition) is 6. The van der Waals surface area contributed by atoms with Crippen LogP contribution in [0.5, 0.6) is 0 Å². The third kappa shape index (κ3) is 10.5. The van der Waals surface area contributed by atoms with Crippen LogP contribution in [0.25, 0.3) is 0 Å². The smallest absolute Gasteiger partial charge is 0.330 e. The third-order valence-electron chi connectivity index (χ3n) is 8.02. The Morgan fingerprint density at radius 1 is 0.558 bits per heavy atom. The van der Waals surface area contributed by atoms with E-state index in [2.05, 4.69) is 75.5 Å². The van der Waals surface area contributed by atoms with Crippen LogP contribution in [0.2, 0.25) is 0 Å². The molecule has 6 nitrogen and oxygen atoms in total. The number of rotatable bonds is 16. The van der Waals surface area contributed by atoms with Crippen molar-refractivity contribution in [3.8, 4) is 0 Å². The standard InChI is InChI=1S/C37H52O6/c1-13-31(38)42-33(3,4)23-25-40-36(9,10)29-19-15-27(16-20-29)35(7,8)28-17-21-30(22-18-28)37(11,12)41-26-24-34(5,6)43-32(39)14-2/h13-22H,1-2,23-26H2,3-12H3. The largest absolute Gasteiger partial charge is 0.456 e. The first-order chi connectivity index (χ1) is 19.7. The fourth-order valence-electron chi connectivity index (χ4n) is 4.74. The molecule has 0 amide bonds. The second-order valence-electron chi connectivity index (χ2n) is 13.8. The second-order valence-corrected chi connectivity index (χ2v) is 13.8. The number of ether oxygens (including phenoxy) is 4. The Balaban J connectivity index is 2.05. The Kier molecular flexibility index (Phi) is 11.7. The van der Waals surface area contributed by atoms with Gasteiger partial charge in [0.1, 0.15) is 11.2 Å². The summed E-state index contributed by atoms with van der Waals surface area (Å²) in [7, 11) is 0. The lowest BCUT2D eigenvalue weighted by atomic mass is 9.77. The number of hydrogen-bond donors (Lipinski definition) is 0. The van der Waals surface area contributed by atoms with Crippen LogP contribution in [0.4, 0.5) is 0 Å². The Labute approximate surface area is 259 Å². The van der Waals surface area contributed by atoms with Gasteiger partial charge in [0.05, 0.1) is 24.4 Å². The Morgan fingerprint density at radius 3 is 1.12 bits per heavy atom. The first-order valence-electron chi connectivity index (χ1n) is 15.0. The monoisotopic (exact) mass is 592 g/mol. The van der Waals surface area contributed by atoms with E-state index in [9.17, 15) is 9.59 Å². The van der Waals surface area contributed by atoms with Gasteiger partial charge in [-0.05, 0) is 77.6 Å². The molecule has 43 heavy (non-hydrogen) atoms. The SMILES string of the molecule is C=CC(=O)OC(C)(C)CCOC(C)(C)c1ccc(C(C)(C)c2ccc(C(C)(C)OCCC(C)(C)OC(=O)C=C)cc2)cc1.